The van der Waals surface area contributed by atoms with E-state index in [-0.39, 0.29) is 30.9 Å². The Labute approximate surface area is 139 Å². The summed E-state index contributed by atoms with van der Waals surface area (Å²) in [6.07, 6.45) is 0.783. The van der Waals surface area contributed by atoms with E-state index < -0.39 is 30.0 Å². The summed E-state index contributed by atoms with van der Waals surface area (Å²) in [5.41, 5.74) is 10.7. The van der Waals surface area contributed by atoms with Gasteiger partial charge in [0.1, 0.15) is 24.7 Å². The van der Waals surface area contributed by atoms with Crippen LogP contribution < -0.4 is 17.2 Å². The van der Waals surface area contributed by atoms with Crippen LogP contribution in [0.4, 0.5) is 5.82 Å². The lowest BCUT2D eigenvalue weighted by Gasteiger charge is -2.19. The highest BCUT2D eigenvalue weighted by atomic mass is 16.6. The van der Waals surface area contributed by atoms with Crippen LogP contribution in [0.15, 0.2) is 17.1 Å². The van der Waals surface area contributed by atoms with Gasteiger partial charge in [-0.2, -0.15) is 4.98 Å². The van der Waals surface area contributed by atoms with Gasteiger partial charge in [-0.3, -0.25) is 9.36 Å². The number of ether oxygens (including phenoxy) is 2. The Bertz CT molecular complexity index is 633. The number of anilines is 1. The first-order valence-electron chi connectivity index (χ1n) is 7.86. The van der Waals surface area contributed by atoms with Crippen LogP contribution >= 0.6 is 0 Å². The van der Waals surface area contributed by atoms with Crippen LogP contribution in [-0.2, 0) is 14.3 Å². The number of aliphatic hydroxyl groups excluding tert-OH is 1. The summed E-state index contributed by atoms with van der Waals surface area (Å²) in [4.78, 5) is 27.4. The predicted molar refractivity (Wildman–Crippen MR) is 85.8 cm³/mol. The zero-order chi connectivity index (χ0) is 17.9. The number of nitrogens with two attached hydrogens (primary N) is 2. The molecular formula is C15H24N4O5. The third-order valence-electron chi connectivity index (χ3n) is 4.14. The van der Waals surface area contributed by atoms with Crippen molar-refractivity contribution in [3.63, 3.8) is 0 Å². The molecule has 3 unspecified atom stereocenters. The number of nitrogens with zero attached hydrogens (tertiary/aromatic N) is 2. The van der Waals surface area contributed by atoms with Crippen LogP contribution in [-0.4, -0.2) is 46.0 Å². The summed E-state index contributed by atoms with van der Waals surface area (Å²) in [6, 6.07) is 0.784. The number of nitrogen functional groups attached to an aromatic ring is 1. The van der Waals surface area contributed by atoms with Gasteiger partial charge in [0.25, 0.3) is 0 Å². The van der Waals surface area contributed by atoms with Gasteiger partial charge in [-0.25, -0.2) is 4.79 Å². The Morgan fingerprint density at radius 1 is 1.58 bits per heavy atom. The molecule has 0 bridgehead atoms. The highest BCUT2D eigenvalue weighted by molar-refractivity contribution is 5.75. The van der Waals surface area contributed by atoms with Crippen molar-refractivity contribution < 1.29 is 19.4 Å². The number of aromatic nitrogens is 2. The van der Waals surface area contributed by atoms with E-state index >= 15 is 0 Å². The molecule has 9 nitrogen and oxygen atoms in total. The highest BCUT2D eigenvalue weighted by Crippen LogP contribution is 2.32. The molecule has 4 atom stereocenters. The van der Waals surface area contributed by atoms with Gasteiger partial charge in [0.15, 0.2) is 0 Å². The summed E-state index contributed by atoms with van der Waals surface area (Å²) in [6.45, 7) is 3.47. The molecule has 24 heavy (non-hydrogen) atoms. The standard InChI is InChI=1S/C15H24N4O5/c1-8(2)13(17)14(21)23-7-10-9(6-20)5-12(24-10)19-4-3-11(16)18-15(19)22/h3-4,8-10,12-13,20H,5-7,17H2,1-2H3,(H2,16,18,22)/t9?,10?,12?,13-/m0/s1. The molecule has 134 valence electrons. The lowest BCUT2D eigenvalue weighted by Crippen LogP contribution is -2.39. The first-order chi connectivity index (χ1) is 11.3. The third-order valence-corrected chi connectivity index (χ3v) is 4.14. The molecule has 1 aromatic heterocycles. The van der Waals surface area contributed by atoms with Crippen LogP contribution in [0.2, 0.25) is 0 Å². The summed E-state index contributed by atoms with van der Waals surface area (Å²) in [5, 5.41) is 9.51. The van der Waals surface area contributed by atoms with E-state index in [9.17, 15) is 14.7 Å². The van der Waals surface area contributed by atoms with Gasteiger partial charge in [0.2, 0.25) is 0 Å². The number of rotatable bonds is 6. The number of carbonyl (C=O) groups excluding carboxylic acids is 1. The molecule has 1 aromatic rings. The first kappa shape index (κ1) is 18.4. The average molecular weight is 340 g/mol. The van der Waals surface area contributed by atoms with E-state index in [1.54, 1.807) is 0 Å². The van der Waals surface area contributed by atoms with Gasteiger partial charge in [-0.1, -0.05) is 13.8 Å². The number of hydrogen-bond donors (Lipinski definition) is 3. The monoisotopic (exact) mass is 340 g/mol. The van der Waals surface area contributed by atoms with Crippen LogP contribution in [0.25, 0.3) is 0 Å². The van der Waals surface area contributed by atoms with E-state index in [4.69, 9.17) is 20.9 Å². The molecular weight excluding hydrogens is 316 g/mol. The zero-order valence-corrected chi connectivity index (χ0v) is 13.8. The molecule has 0 saturated carbocycles. The van der Waals surface area contributed by atoms with Crippen molar-refractivity contribution >= 4 is 11.8 Å². The molecule has 0 aliphatic carbocycles. The van der Waals surface area contributed by atoms with Crippen LogP contribution in [0, 0.1) is 11.8 Å². The average Bonchev–Trinajstić information content (AvgIpc) is 2.94. The van der Waals surface area contributed by atoms with Crippen LogP contribution in [0.3, 0.4) is 0 Å². The Morgan fingerprint density at radius 2 is 2.29 bits per heavy atom. The molecule has 1 saturated heterocycles. The largest absolute Gasteiger partial charge is 0.462 e. The Balaban J connectivity index is 2.01. The maximum atomic E-state index is 11.9. The van der Waals surface area contributed by atoms with Crippen molar-refractivity contribution in [3.8, 4) is 0 Å². The Kier molecular flexibility index (Phi) is 5.92. The third kappa shape index (κ3) is 4.11. The summed E-state index contributed by atoms with van der Waals surface area (Å²) in [7, 11) is 0. The van der Waals surface area contributed by atoms with Gasteiger partial charge in [0, 0.05) is 25.1 Å². The fourth-order valence-electron chi connectivity index (χ4n) is 2.50. The van der Waals surface area contributed by atoms with Crippen molar-refractivity contribution in [3.05, 3.63) is 22.7 Å². The van der Waals surface area contributed by atoms with E-state index in [0.717, 1.165) is 0 Å². The SMILES string of the molecule is CC(C)[C@H](N)C(=O)OCC1OC(n2ccc(N)nc2=O)CC1CO. The highest BCUT2D eigenvalue weighted by Gasteiger charge is 2.37. The number of aliphatic hydroxyl groups is 1. The molecule has 2 heterocycles. The van der Waals surface area contributed by atoms with Crippen molar-refractivity contribution in [2.24, 2.45) is 17.6 Å². The van der Waals surface area contributed by atoms with Gasteiger partial charge in [0.05, 0.1) is 6.10 Å². The molecule has 2 rings (SSSR count). The van der Waals surface area contributed by atoms with Crippen molar-refractivity contribution in [2.45, 2.75) is 38.6 Å². The minimum Gasteiger partial charge on any atom is -0.462 e. The van der Waals surface area contributed by atoms with Gasteiger partial charge < -0.3 is 26.0 Å². The fraction of sp³-hybridized carbons (Fsp3) is 0.667. The van der Waals surface area contributed by atoms with Crippen LogP contribution in [0.1, 0.15) is 26.5 Å². The quantitative estimate of drug-likeness (QED) is 0.574. The summed E-state index contributed by atoms with van der Waals surface area (Å²) < 4.78 is 12.3. The first-order valence-corrected chi connectivity index (χ1v) is 7.86. The number of carbonyl (C=O) groups is 1. The second-order valence-corrected chi connectivity index (χ2v) is 6.25. The lowest BCUT2D eigenvalue weighted by molar-refractivity contribution is -0.152. The minimum atomic E-state index is -0.710. The summed E-state index contributed by atoms with van der Waals surface area (Å²) in [5.74, 6) is -0.688. The maximum Gasteiger partial charge on any atom is 0.351 e. The molecule has 0 spiro atoms. The normalized spacial score (nSPS) is 25.0. The Morgan fingerprint density at radius 3 is 2.88 bits per heavy atom. The topological polar surface area (TPSA) is 143 Å². The van der Waals surface area contributed by atoms with Crippen molar-refractivity contribution in [1.82, 2.24) is 9.55 Å². The van der Waals surface area contributed by atoms with Crippen molar-refractivity contribution in [1.29, 1.82) is 0 Å². The molecule has 5 N–H and O–H groups in total. The molecule has 1 aliphatic rings. The predicted octanol–water partition coefficient (Wildman–Crippen LogP) is -0.752. The molecule has 9 heteroatoms. The Hall–Kier alpha value is -1.97. The summed E-state index contributed by atoms with van der Waals surface area (Å²) >= 11 is 0. The molecule has 1 aliphatic heterocycles. The van der Waals surface area contributed by atoms with Crippen LogP contribution in [0.5, 0.6) is 0 Å². The van der Waals surface area contributed by atoms with E-state index in [2.05, 4.69) is 4.98 Å². The molecule has 0 radical (unpaired) electrons. The van der Waals surface area contributed by atoms with Crippen molar-refractivity contribution in [2.75, 3.05) is 18.9 Å². The van der Waals surface area contributed by atoms with E-state index in [1.165, 1.54) is 16.8 Å². The van der Waals surface area contributed by atoms with E-state index in [1.807, 2.05) is 13.8 Å². The number of hydrogen-bond acceptors (Lipinski definition) is 8. The van der Waals surface area contributed by atoms with Gasteiger partial charge >= 0.3 is 11.7 Å². The minimum absolute atomic E-state index is 0.0296. The smallest absolute Gasteiger partial charge is 0.351 e. The number of esters is 1. The fourth-order valence-corrected chi connectivity index (χ4v) is 2.50. The zero-order valence-electron chi connectivity index (χ0n) is 13.8. The molecule has 1 fully saturated rings. The van der Waals surface area contributed by atoms with Gasteiger partial charge in [-0.15, -0.1) is 0 Å². The second-order valence-electron chi connectivity index (χ2n) is 6.25. The molecule has 0 aromatic carbocycles. The maximum absolute atomic E-state index is 11.9. The van der Waals surface area contributed by atoms with Gasteiger partial charge in [-0.05, 0) is 12.0 Å². The van der Waals surface area contributed by atoms with E-state index in [0.29, 0.717) is 6.42 Å². The molecule has 0 amide bonds. The second kappa shape index (κ2) is 7.73. The lowest BCUT2D eigenvalue weighted by atomic mass is 10.0.